The van der Waals surface area contributed by atoms with E-state index in [0.717, 1.165) is 22.3 Å². The second-order valence-corrected chi connectivity index (χ2v) is 8.49. The van der Waals surface area contributed by atoms with E-state index in [2.05, 4.69) is 29.6 Å². The summed E-state index contributed by atoms with van der Waals surface area (Å²) in [6.07, 6.45) is 0.140. The van der Waals surface area contributed by atoms with Crippen molar-refractivity contribution >= 4 is 18.0 Å². The summed E-state index contributed by atoms with van der Waals surface area (Å²) in [5, 5.41) is 11.9. The van der Waals surface area contributed by atoms with Crippen LogP contribution < -0.4 is 5.32 Å². The van der Waals surface area contributed by atoms with Crippen molar-refractivity contribution in [3.63, 3.8) is 0 Å². The van der Waals surface area contributed by atoms with Crippen LogP contribution >= 0.6 is 0 Å². The van der Waals surface area contributed by atoms with Crippen molar-refractivity contribution < 1.29 is 24.2 Å². The predicted octanol–water partition coefficient (Wildman–Crippen LogP) is 3.63. The summed E-state index contributed by atoms with van der Waals surface area (Å²) in [5.41, 5.74) is 3.43. The number of carboxylic acids is 1. The maximum Gasteiger partial charge on any atom is 0.408 e. The van der Waals surface area contributed by atoms with E-state index < -0.39 is 23.5 Å². The average molecular weight is 437 g/mol. The van der Waals surface area contributed by atoms with Crippen molar-refractivity contribution in [3.05, 3.63) is 59.7 Å². The topological polar surface area (TPSA) is 95.9 Å². The third-order valence-electron chi connectivity index (χ3n) is 6.82. The Labute approximate surface area is 187 Å². The van der Waals surface area contributed by atoms with Crippen LogP contribution in [0.3, 0.4) is 0 Å². The number of hydrogen-bond donors (Lipinski definition) is 2. The lowest BCUT2D eigenvalue weighted by Crippen LogP contribution is -2.64. The minimum Gasteiger partial charge on any atom is -0.481 e. The van der Waals surface area contributed by atoms with Crippen LogP contribution in [0.15, 0.2) is 48.5 Å². The summed E-state index contributed by atoms with van der Waals surface area (Å²) in [7, 11) is 0. The van der Waals surface area contributed by atoms with E-state index >= 15 is 0 Å². The number of carboxylic acid groups (broad SMARTS) is 1. The first-order chi connectivity index (χ1) is 15.4. The summed E-state index contributed by atoms with van der Waals surface area (Å²) in [6.45, 7) is 4.17. The molecular weight excluding hydrogens is 408 g/mol. The molecule has 168 valence electrons. The second kappa shape index (κ2) is 8.65. The molecule has 2 aromatic carbocycles. The van der Waals surface area contributed by atoms with Crippen LogP contribution in [0.1, 0.15) is 43.7 Å². The first kappa shape index (κ1) is 21.9. The molecule has 0 unspecified atom stereocenters. The standard InChI is InChI=1S/C25H28N2O5/c1-3-25(4-2,23(30)27-13-16(14-27)22(28)29)26-24(31)32-15-21-19-11-7-5-9-17(19)18-10-6-8-12-20(18)21/h5-12,16,21H,3-4,13-15H2,1-2H3,(H,26,31)(H,28,29). The number of nitrogens with one attached hydrogen (secondary N) is 1. The highest BCUT2D eigenvalue weighted by atomic mass is 16.5. The van der Waals surface area contributed by atoms with Gasteiger partial charge in [0, 0.05) is 19.0 Å². The van der Waals surface area contributed by atoms with Gasteiger partial charge in [-0.15, -0.1) is 0 Å². The Morgan fingerprint density at radius 3 is 2.03 bits per heavy atom. The number of alkyl carbamates (subject to hydrolysis) is 1. The number of benzene rings is 2. The number of likely N-dealkylation sites (tertiary alicyclic amines) is 1. The first-order valence-corrected chi connectivity index (χ1v) is 11.1. The van der Waals surface area contributed by atoms with Gasteiger partial charge in [0.05, 0.1) is 5.92 Å². The molecule has 1 saturated heterocycles. The maximum atomic E-state index is 13.1. The van der Waals surface area contributed by atoms with Crippen molar-refractivity contribution in [2.24, 2.45) is 5.92 Å². The van der Waals surface area contributed by atoms with Gasteiger partial charge in [-0.2, -0.15) is 0 Å². The van der Waals surface area contributed by atoms with E-state index in [1.54, 1.807) is 0 Å². The van der Waals surface area contributed by atoms with E-state index in [9.17, 15) is 14.4 Å². The second-order valence-electron chi connectivity index (χ2n) is 8.49. The zero-order valence-electron chi connectivity index (χ0n) is 18.3. The molecule has 1 aliphatic heterocycles. The SMILES string of the molecule is CCC(CC)(NC(=O)OCC1c2ccccc2-c2ccccc21)C(=O)N1CC(C(=O)O)C1. The van der Waals surface area contributed by atoms with Crippen LogP contribution in [0.25, 0.3) is 11.1 Å². The largest absolute Gasteiger partial charge is 0.481 e. The molecule has 2 N–H and O–H groups in total. The lowest BCUT2D eigenvalue weighted by molar-refractivity contribution is -0.156. The molecule has 0 saturated carbocycles. The third-order valence-corrected chi connectivity index (χ3v) is 6.82. The highest BCUT2D eigenvalue weighted by Crippen LogP contribution is 2.44. The molecule has 2 aromatic rings. The molecule has 32 heavy (non-hydrogen) atoms. The molecule has 7 nitrogen and oxygen atoms in total. The molecule has 0 spiro atoms. The van der Waals surface area contributed by atoms with Crippen molar-refractivity contribution in [1.82, 2.24) is 10.2 Å². The Morgan fingerprint density at radius 1 is 1.00 bits per heavy atom. The molecule has 0 bridgehead atoms. The highest BCUT2D eigenvalue weighted by molar-refractivity contribution is 5.91. The monoisotopic (exact) mass is 436 g/mol. The van der Waals surface area contributed by atoms with Crippen LogP contribution in [-0.2, 0) is 14.3 Å². The summed E-state index contributed by atoms with van der Waals surface area (Å²) in [6, 6.07) is 16.2. The number of hydrogen-bond acceptors (Lipinski definition) is 4. The van der Waals surface area contributed by atoms with E-state index in [0.29, 0.717) is 12.8 Å². The van der Waals surface area contributed by atoms with Crippen LogP contribution in [0, 0.1) is 5.92 Å². The van der Waals surface area contributed by atoms with Crippen LogP contribution in [0.4, 0.5) is 4.79 Å². The molecule has 4 rings (SSSR count). The number of nitrogens with zero attached hydrogens (tertiary/aromatic N) is 1. The van der Waals surface area contributed by atoms with Crippen LogP contribution in [0.5, 0.6) is 0 Å². The van der Waals surface area contributed by atoms with Gasteiger partial charge in [0.15, 0.2) is 0 Å². The Morgan fingerprint density at radius 2 is 1.53 bits per heavy atom. The lowest BCUT2D eigenvalue weighted by atomic mass is 9.88. The number of fused-ring (bicyclic) bond motifs is 3. The van der Waals surface area contributed by atoms with E-state index in [4.69, 9.17) is 9.84 Å². The van der Waals surface area contributed by atoms with Crippen molar-refractivity contribution in [2.45, 2.75) is 38.1 Å². The number of rotatable bonds is 7. The van der Waals surface area contributed by atoms with Gasteiger partial charge in [-0.05, 0) is 35.1 Å². The Bertz CT molecular complexity index is 995. The molecule has 7 heteroatoms. The molecule has 0 aromatic heterocycles. The van der Waals surface area contributed by atoms with Crippen molar-refractivity contribution in [3.8, 4) is 11.1 Å². The maximum absolute atomic E-state index is 13.1. The molecule has 1 heterocycles. The van der Waals surface area contributed by atoms with Gasteiger partial charge in [-0.25, -0.2) is 4.79 Å². The highest BCUT2D eigenvalue weighted by Gasteiger charge is 2.45. The average Bonchev–Trinajstić information content (AvgIpc) is 3.08. The van der Waals surface area contributed by atoms with Gasteiger partial charge in [-0.3, -0.25) is 9.59 Å². The molecule has 1 fully saturated rings. The minimum absolute atomic E-state index is 0.0618. The number of carbonyl (C=O) groups is 3. The van der Waals surface area contributed by atoms with Crippen molar-refractivity contribution in [1.29, 1.82) is 0 Å². The van der Waals surface area contributed by atoms with Gasteiger partial charge in [0.25, 0.3) is 0 Å². The smallest absolute Gasteiger partial charge is 0.408 e. The molecule has 0 atom stereocenters. The first-order valence-electron chi connectivity index (χ1n) is 11.1. The van der Waals surface area contributed by atoms with Crippen molar-refractivity contribution in [2.75, 3.05) is 19.7 Å². The molecule has 0 radical (unpaired) electrons. The van der Waals surface area contributed by atoms with Gasteiger partial charge in [0.2, 0.25) is 5.91 Å². The fourth-order valence-electron chi connectivity index (χ4n) is 4.72. The van der Waals surface area contributed by atoms with E-state index in [-0.39, 0.29) is 31.5 Å². The normalized spacial score (nSPS) is 15.5. The number of carbonyl (C=O) groups excluding carboxylic acids is 2. The van der Waals surface area contributed by atoms with Gasteiger partial charge >= 0.3 is 12.1 Å². The van der Waals surface area contributed by atoms with Gasteiger partial charge in [-0.1, -0.05) is 62.4 Å². The zero-order chi connectivity index (χ0) is 22.9. The Kier molecular flexibility index (Phi) is 5.91. The van der Waals surface area contributed by atoms with Crippen LogP contribution in [-0.4, -0.2) is 53.2 Å². The molecule has 2 aliphatic rings. The summed E-state index contributed by atoms with van der Waals surface area (Å²) < 4.78 is 5.62. The quantitative estimate of drug-likeness (QED) is 0.691. The van der Waals surface area contributed by atoms with Gasteiger partial charge in [0.1, 0.15) is 12.1 Å². The van der Waals surface area contributed by atoms with E-state index in [1.807, 2.05) is 38.1 Å². The fraction of sp³-hybridized carbons (Fsp3) is 0.400. The Balaban J connectivity index is 1.44. The summed E-state index contributed by atoms with van der Waals surface area (Å²) in [4.78, 5) is 38.4. The number of ether oxygens (including phenoxy) is 1. The summed E-state index contributed by atoms with van der Waals surface area (Å²) >= 11 is 0. The minimum atomic E-state index is -1.11. The summed E-state index contributed by atoms with van der Waals surface area (Å²) in [5.74, 6) is -1.77. The molecule has 2 amide bonds. The Hall–Kier alpha value is -3.35. The van der Waals surface area contributed by atoms with E-state index in [1.165, 1.54) is 4.90 Å². The zero-order valence-corrected chi connectivity index (χ0v) is 18.3. The predicted molar refractivity (Wildman–Crippen MR) is 119 cm³/mol. The fourth-order valence-corrected chi connectivity index (χ4v) is 4.72. The lowest BCUT2D eigenvalue weighted by Gasteiger charge is -2.43. The third kappa shape index (κ3) is 3.72. The number of aliphatic carboxylic acids is 1. The van der Waals surface area contributed by atoms with Crippen LogP contribution in [0.2, 0.25) is 0 Å². The van der Waals surface area contributed by atoms with Gasteiger partial charge < -0.3 is 20.1 Å². The molecular formula is C25H28N2O5. The molecule has 1 aliphatic carbocycles. The number of amides is 2.